The molecule has 0 amide bonds. The number of nitrogens with zero attached hydrogens (tertiary/aromatic N) is 2. The molecule has 6 heteroatoms. The smallest absolute Gasteiger partial charge is 0.313 e. The van der Waals surface area contributed by atoms with E-state index >= 15 is 0 Å². The lowest BCUT2D eigenvalue weighted by atomic mass is 10.1. The fourth-order valence-corrected chi connectivity index (χ4v) is 3.07. The molecule has 2 rings (SSSR count). The maximum absolute atomic E-state index is 11.6. The first-order valence-corrected chi connectivity index (χ1v) is 8.10. The SMILES string of the molecule is CCCNCc1ccc(Sc2n[nH]c(=O)n2CC)c(C)c1. The van der Waals surface area contributed by atoms with Gasteiger partial charge in [-0.3, -0.25) is 4.57 Å². The van der Waals surface area contributed by atoms with Crippen molar-refractivity contribution in [1.29, 1.82) is 0 Å². The van der Waals surface area contributed by atoms with Gasteiger partial charge < -0.3 is 5.32 Å². The van der Waals surface area contributed by atoms with Gasteiger partial charge in [0.2, 0.25) is 0 Å². The summed E-state index contributed by atoms with van der Waals surface area (Å²) in [5.41, 5.74) is 2.33. The average molecular weight is 306 g/mol. The summed E-state index contributed by atoms with van der Waals surface area (Å²) in [6.45, 7) is 8.74. The van der Waals surface area contributed by atoms with E-state index in [1.54, 1.807) is 4.57 Å². The van der Waals surface area contributed by atoms with E-state index in [1.165, 1.54) is 22.9 Å². The number of nitrogens with one attached hydrogen (secondary N) is 2. The van der Waals surface area contributed by atoms with Gasteiger partial charge in [0.25, 0.3) is 0 Å². The number of aryl methyl sites for hydroxylation is 1. The van der Waals surface area contributed by atoms with Crippen LogP contribution in [0.25, 0.3) is 0 Å². The zero-order valence-electron chi connectivity index (χ0n) is 12.8. The number of hydrogen-bond acceptors (Lipinski definition) is 4. The molecule has 0 spiro atoms. The van der Waals surface area contributed by atoms with Gasteiger partial charge in [0.1, 0.15) is 0 Å². The minimum absolute atomic E-state index is 0.155. The lowest BCUT2D eigenvalue weighted by molar-refractivity contribution is 0.660. The predicted molar refractivity (Wildman–Crippen MR) is 85.8 cm³/mol. The molecule has 0 saturated carbocycles. The quantitative estimate of drug-likeness (QED) is 0.772. The standard InChI is InChI=1S/C15H22N4OS/c1-4-8-16-10-12-6-7-13(11(3)9-12)21-15-18-17-14(20)19(15)5-2/h6-7,9,16H,4-5,8,10H2,1-3H3,(H,17,20). The molecule has 5 nitrogen and oxygen atoms in total. The molecule has 0 atom stereocenters. The van der Waals surface area contributed by atoms with Crippen molar-refractivity contribution in [2.75, 3.05) is 6.54 Å². The van der Waals surface area contributed by atoms with Crippen LogP contribution in [0, 0.1) is 6.92 Å². The molecule has 1 aromatic carbocycles. The Balaban J connectivity index is 2.12. The lowest BCUT2D eigenvalue weighted by Gasteiger charge is -2.09. The first-order chi connectivity index (χ1) is 10.2. The van der Waals surface area contributed by atoms with Crippen LogP contribution in [-0.4, -0.2) is 21.3 Å². The summed E-state index contributed by atoms with van der Waals surface area (Å²) in [5, 5.41) is 10.7. The summed E-state index contributed by atoms with van der Waals surface area (Å²) in [6, 6.07) is 6.41. The normalized spacial score (nSPS) is 11.0. The van der Waals surface area contributed by atoms with Crippen molar-refractivity contribution in [3.05, 3.63) is 39.8 Å². The molecule has 0 aliphatic heterocycles. The average Bonchev–Trinajstić information content (AvgIpc) is 2.82. The number of aromatic amines is 1. The van der Waals surface area contributed by atoms with E-state index in [0.717, 1.165) is 24.4 Å². The zero-order valence-corrected chi connectivity index (χ0v) is 13.6. The molecule has 114 valence electrons. The van der Waals surface area contributed by atoms with Crippen LogP contribution in [0.2, 0.25) is 0 Å². The highest BCUT2D eigenvalue weighted by atomic mass is 32.2. The molecule has 0 saturated heterocycles. The maximum Gasteiger partial charge on any atom is 0.343 e. The molecule has 1 heterocycles. The van der Waals surface area contributed by atoms with Crippen molar-refractivity contribution in [2.45, 2.75) is 50.3 Å². The van der Waals surface area contributed by atoms with Gasteiger partial charge in [0.05, 0.1) is 0 Å². The van der Waals surface area contributed by atoms with Crippen LogP contribution in [-0.2, 0) is 13.1 Å². The number of H-pyrrole nitrogens is 1. The number of benzene rings is 1. The Morgan fingerprint density at radius 2 is 2.19 bits per heavy atom. The fraction of sp³-hybridized carbons (Fsp3) is 0.467. The van der Waals surface area contributed by atoms with E-state index in [0.29, 0.717) is 11.7 Å². The minimum Gasteiger partial charge on any atom is -0.313 e. The van der Waals surface area contributed by atoms with Crippen molar-refractivity contribution >= 4 is 11.8 Å². The lowest BCUT2D eigenvalue weighted by Crippen LogP contribution is -2.16. The Hall–Kier alpha value is -1.53. The molecule has 0 radical (unpaired) electrons. The third-order valence-electron chi connectivity index (χ3n) is 3.24. The molecular formula is C15H22N4OS. The highest BCUT2D eigenvalue weighted by Gasteiger charge is 2.10. The summed E-state index contributed by atoms with van der Waals surface area (Å²) in [6.07, 6.45) is 1.14. The Morgan fingerprint density at radius 3 is 2.86 bits per heavy atom. The van der Waals surface area contributed by atoms with Gasteiger partial charge in [-0.15, -0.1) is 5.10 Å². The summed E-state index contributed by atoms with van der Waals surface area (Å²) < 4.78 is 1.64. The van der Waals surface area contributed by atoms with Crippen molar-refractivity contribution in [3.8, 4) is 0 Å². The highest BCUT2D eigenvalue weighted by molar-refractivity contribution is 7.99. The van der Waals surface area contributed by atoms with Crippen molar-refractivity contribution in [3.63, 3.8) is 0 Å². The molecule has 0 aliphatic rings. The van der Waals surface area contributed by atoms with Crippen LogP contribution in [0.15, 0.2) is 33.0 Å². The van der Waals surface area contributed by atoms with Gasteiger partial charge in [-0.1, -0.05) is 19.1 Å². The Morgan fingerprint density at radius 1 is 1.38 bits per heavy atom. The van der Waals surface area contributed by atoms with Crippen molar-refractivity contribution < 1.29 is 0 Å². The van der Waals surface area contributed by atoms with Gasteiger partial charge in [0.15, 0.2) is 5.16 Å². The first kappa shape index (κ1) is 15.9. The Bertz CT molecular complexity index is 647. The molecule has 2 aromatic rings. The van der Waals surface area contributed by atoms with Crippen LogP contribution in [0.5, 0.6) is 0 Å². The van der Waals surface area contributed by atoms with Gasteiger partial charge >= 0.3 is 5.69 Å². The summed E-state index contributed by atoms with van der Waals surface area (Å²) in [4.78, 5) is 12.7. The largest absolute Gasteiger partial charge is 0.343 e. The van der Waals surface area contributed by atoms with E-state index in [1.807, 2.05) is 6.92 Å². The van der Waals surface area contributed by atoms with E-state index in [-0.39, 0.29) is 5.69 Å². The predicted octanol–water partition coefficient (Wildman–Crippen LogP) is 2.55. The Kier molecular flexibility index (Phi) is 5.64. The second-order valence-corrected chi connectivity index (χ2v) is 5.94. The molecule has 0 unspecified atom stereocenters. The second-order valence-electron chi connectivity index (χ2n) is 4.93. The van der Waals surface area contributed by atoms with Crippen LogP contribution >= 0.6 is 11.8 Å². The van der Waals surface area contributed by atoms with Crippen LogP contribution in [0.3, 0.4) is 0 Å². The minimum atomic E-state index is -0.155. The van der Waals surface area contributed by atoms with Crippen molar-refractivity contribution in [1.82, 2.24) is 20.1 Å². The number of aromatic nitrogens is 3. The molecule has 2 N–H and O–H groups in total. The van der Waals surface area contributed by atoms with Gasteiger partial charge in [-0.25, -0.2) is 9.89 Å². The topological polar surface area (TPSA) is 62.7 Å². The molecule has 0 aliphatic carbocycles. The van der Waals surface area contributed by atoms with E-state index in [9.17, 15) is 4.79 Å². The van der Waals surface area contributed by atoms with Gasteiger partial charge in [0, 0.05) is 18.0 Å². The number of hydrogen-bond donors (Lipinski definition) is 2. The van der Waals surface area contributed by atoms with Crippen molar-refractivity contribution in [2.24, 2.45) is 0 Å². The Labute approximate surface area is 129 Å². The van der Waals surface area contributed by atoms with Gasteiger partial charge in [-0.2, -0.15) is 0 Å². The van der Waals surface area contributed by atoms with E-state index in [2.05, 4.69) is 47.6 Å². The van der Waals surface area contributed by atoms with E-state index < -0.39 is 0 Å². The highest BCUT2D eigenvalue weighted by Crippen LogP contribution is 2.28. The fourth-order valence-electron chi connectivity index (χ4n) is 2.10. The first-order valence-electron chi connectivity index (χ1n) is 7.29. The number of rotatable bonds is 7. The molecule has 21 heavy (non-hydrogen) atoms. The van der Waals surface area contributed by atoms with Crippen LogP contribution in [0.4, 0.5) is 0 Å². The van der Waals surface area contributed by atoms with Crippen LogP contribution in [0.1, 0.15) is 31.4 Å². The summed E-state index contributed by atoms with van der Waals surface area (Å²) in [7, 11) is 0. The summed E-state index contributed by atoms with van der Waals surface area (Å²) in [5.74, 6) is 0. The monoisotopic (exact) mass is 306 g/mol. The third kappa shape index (κ3) is 3.98. The second kappa shape index (κ2) is 7.47. The zero-order chi connectivity index (χ0) is 15.2. The molecule has 1 aromatic heterocycles. The molecule has 0 bridgehead atoms. The third-order valence-corrected chi connectivity index (χ3v) is 4.41. The molecular weight excluding hydrogens is 284 g/mol. The molecule has 0 fully saturated rings. The van der Waals surface area contributed by atoms with E-state index in [4.69, 9.17) is 0 Å². The maximum atomic E-state index is 11.6. The van der Waals surface area contributed by atoms with Crippen LogP contribution < -0.4 is 11.0 Å². The summed E-state index contributed by atoms with van der Waals surface area (Å²) >= 11 is 1.52. The van der Waals surface area contributed by atoms with Gasteiger partial charge in [-0.05, 0) is 55.8 Å².